The molecule has 0 bridgehead atoms. The number of carbonyl (C=O) groups is 1. The molecule has 3 atom stereocenters. The highest BCUT2D eigenvalue weighted by atomic mass is 31.2. The predicted molar refractivity (Wildman–Crippen MR) is 353 cm³/mol. The van der Waals surface area contributed by atoms with E-state index in [4.69, 9.17) is 9.05 Å². The zero-order valence-corrected chi connectivity index (χ0v) is 54.9. The maximum Gasteiger partial charge on any atom is 0.268 e. The Morgan fingerprint density at radius 2 is 0.753 bits per heavy atom. The number of phosphoric acid groups is 1. The van der Waals surface area contributed by atoms with E-state index in [2.05, 4.69) is 92.1 Å². The van der Waals surface area contributed by atoms with Crippen LogP contribution in [0.2, 0.25) is 0 Å². The van der Waals surface area contributed by atoms with Crippen molar-refractivity contribution in [1.29, 1.82) is 0 Å². The minimum atomic E-state index is -4.60. The van der Waals surface area contributed by atoms with Gasteiger partial charge in [0, 0.05) is 6.42 Å². The molecular formula is C72H133N2O6P. The number of amides is 1. The van der Waals surface area contributed by atoms with Gasteiger partial charge < -0.3 is 28.8 Å². The lowest BCUT2D eigenvalue weighted by atomic mass is 10.0. The molecule has 0 aliphatic heterocycles. The molecule has 0 aliphatic rings. The standard InChI is InChI=1S/C72H133N2O6P/c1-6-8-10-12-14-16-18-20-22-24-26-27-28-29-30-31-32-33-34-35-36-37-38-39-40-41-42-43-44-45-46-47-48-50-52-54-56-58-60-62-64-66-72(76)73-70(69-80-81(77,78)79-68-67-74(3,4)5)71(75)65-63-61-59-57-55-53-51-49-25-23-21-19-17-15-13-11-9-7-2/h8,10,14,16,20,22,26-27,29-30,32-33,63,65,70-71,75H,6-7,9,11-13,15,17-19,21,23-25,28,31,34-62,64,66-69H2,1-5H3,(H-,73,76,77,78)/b10-8-,16-14-,22-20-,27-26-,30-29-,33-32-,65-63+. The molecule has 9 heteroatoms. The van der Waals surface area contributed by atoms with Crippen LogP contribution in [-0.4, -0.2) is 68.5 Å². The molecule has 2 N–H and O–H groups in total. The van der Waals surface area contributed by atoms with E-state index in [9.17, 15) is 19.4 Å². The summed E-state index contributed by atoms with van der Waals surface area (Å²) in [4.78, 5) is 25.6. The summed E-state index contributed by atoms with van der Waals surface area (Å²) >= 11 is 0. The predicted octanol–water partition coefficient (Wildman–Crippen LogP) is 21.3. The number of allylic oxidation sites excluding steroid dienone is 13. The fourth-order valence-corrected chi connectivity index (χ4v) is 10.8. The van der Waals surface area contributed by atoms with Crippen LogP contribution in [0.3, 0.4) is 0 Å². The molecule has 0 radical (unpaired) electrons. The number of rotatable bonds is 63. The molecule has 1 amide bonds. The van der Waals surface area contributed by atoms with Gasteiger partial charge in [0.05, 0.1) is 39.9 Å². The average molecular weight is 1150 g/mol. The zero-order chi connectivity index (χ0) is 59.1. The van der Waals surface area contributed by atoms with Gasteiger partial charge >= 0.3 is 0 Å². The summed E-state index contributed by atoms with van der Waals surface area (Å²) in [5.41, 5.74) is 0. The summed E-state index contributed by atoms with van der Waals surface area (Å²) in [5, 5.41) is 13.9. The minimum Gasteiger partial charge on any atom is -0.756 e. The van der Waals surface area contributed by atoms with E-state index in [1.165, 1.54) is 218 Å². The Balaban J connectivity index is 3.94. The Kier molecular flexibility index (Phi) is 60.4. The van der Waals surface area contributed by atoms with Gasteiger partial charge in [-0.2, -0.15) is 0 Å². The molecule has 0 spiro atoms. The van der Waals surface area contributed by atoms with E-state index in [0.29, 0.717) is 17.4 Å². The van der Waals surface area contributed by atoms with Gasteiger partial charge in [-0.3, -0.25) is 9.36 Å². The molecule has 0 aromatic heterocycles. The largest absolute Gasteiger partial charge is 0.756 e. The van der Waals surface area contributed by atoms with Crippen molar-refractivity contribution in [3.63, 3.8) is 0 Å². The Morgan fingerprint density at radius 3 is 1.10 bits per heavy atom. The van der Waals surface area contributed by atoms with E-state index in [0.717, 1.165) is 77.0 Å². The van der Waals surface area contributed by atoms with Crippen molar-refractivity contribution in [3.05, 3.63) is 85.1 Å². The van der Waals surface area contributed by atoms with E-state index < -0.39 is 20.0 Å². The number of phosphoric ester groups is 1. The molecule has 0 saturated carbocycles. The van der Waals surface area contributed by atoms with Crippen LogP contribution in [0, 0.1) is 0 Å². The van der Waals surface area contributed by atoms with E-state index >= 15 is 0 Å². The van der Waals surface area contributed by atoms with Gasteiger partial charge in [0.2, 0.25) is 5.91 Å². The highest BCUT2D eigenvalue weighted by Gasteiger charge is 2.23. The molecule has 0 heterocycles. The maximum absolute atomic E-state index is 13.0. The fraction of sp³-hybridized carbons (Fsp3) is 0.792. The minimum absolute atomic E-state index is 0.000894. The molecule has 0 fully saturated rings. The second-order valence-corrected chi connectivity index (χ2v) is 25.9. The number of likely N-dealkylation sites (N-methyl/N-ethyl adjacent to an activating group) is 1. The Labute approximate surface area is 503 Å². The number of quaternary nitrogens is 1. The number of aliphatic hydroxyl groups excluding tert-OH is 1. The molecular weight excluding hydrogens is 1020 g/mol. The third-order valence-corrected chi connectivity index (χ3v) is 16.3. The summed E-state index contributed by atoms with van der Waals surface area (Å²) in [5.74, 6) is -0.193. The Bertz CT molecular complexity index is 1600. The van der Waals surface area contributed by atoms with Gasteiger partial charge in [-0.15, -0.1) is 0 Å². The van der Waals surface area contributed by atoms with Crippen LogP contribution >= 0.6 is 7.82 Å². The van der Waals surface area contributed by atoms with Crippen LogP contribution < -0.4 is 10.2 Å². The Hall–Kier alpha value is -2.32. The van der Waals surface area contributed by atoms with Gasteiger partial charge in [-0.05, 0) is 70.6 Å². The van der Waals surface area contributed by atoms with Gasteiger partial charge in [-0.1, -0.05) is 324 Å². The van der Waals surface area contributed by atoms with E-state index in [-0.39, 0.29) is 19.1 Å². The molecule has 3 unspecified atom stereocenters. The van der Waals surface area contributed by atoms with Crippen LogP contribution in [-0.2, 0) is 18.4 Å². The highest BCUT2D eigenvalue weighted by molar-refractivity contribution is 7.45. The quantitative estimate of drug-likeness (QED) is 0.0272. The van der Waals surface area contributed by atoms with E-state index in [1.54, 1.807) is 6.08 Å². The van der Waals surface area contributed by atoms with Crippen LogP contribution in [0.15, 0.2) is 85.1 Å². The van der Waals surface area contributed by atoms with Crippen molar-refractivity contribution in [2.45, 2.75) is 328 Å². The number of unbranched alkanes of at least 4 members (excludes halogenated alkanes) is 38. The number of carbonyl (C=O) groups excluding carboxylic acids is 1. The second-order valence-electron chi connectivity index (χ2n) is 24.5. The highest BCUT2D eigenvalue weighted by Crippen LogP contribution is 2.38. The second kappa shape index (κ2) is 62.2. The van der Waals surface area contributed by atoms with Crippen LogP contribution in [0.1, 0.15) is 316 Å². The molecule has 0 saturated heterocycles. The number of hydrogen-bond donors (Lipinski definition) is 2. The third-order valence-electron chi connectivity index (χ3n) is 15.4. The van der Waals surface area contributed by atoms with Crippen molar-refractivity contribution in [2.75, 3.05) is 40.9 Å². The summed E-state index contributed by atoms with van der Waals surface area (Å²) in [7, 11) is 1.27. The first-order valence-electron chi connectivity index (χ1n) is 34.4. The topological polar surface area (TPSA) is 108 Å². The van der Waals surface area contributed by atoms with Crippen LogP contribution in [0.5, 0.6) is 0 Å². The summed E-state index contributed by atoms with van der Waals surface area (Å²) < 4.78 is 23.4. The van der Waals surface area contributed by atoms with Gasteiger partial charge in [-0.25, -0.2) is 0 Å². The third kappa shape index (κ3) is 65.1. The molecule has 81 heavy (non-hydrogen) atoms. The number of nitrogens with one attached hydrogen (secondary N) is 1. The lowest BCUT2D eigenvalue weighted by Crippen LogP contribution is -2.45. The lowest BCUT2D eigenvalue weighted by molar-refractivity contribution is -0.870. The maximum atomic E-state index is 13.0. The molecule has 0 aromatic carbocycles. The van der Waals surface area contributed by atoms with Crippen LogP contribution in [0.25, 0.3) is 0 Å². The van der Waals surface area contributed by atoms with Crippen molar-refractivity contribution in [1.82, 2.24) is 5.32 Å². The summed E-state index contributed by atoms with van der Waals surface area (Å²) in [6.07, 6.45) is 88.5. The van der Waals surface area contributed by atoms with Crippen molar-refractivity contribution >= 4 is 13.7 Å². The first-order chi connectivity index (χ1) is 39.5. The van der Waals surface area contributed by atoms with E-state index in [1.807, 2.05) is 27.2 Å². The Morgan fingerprint density at radius 1 is 0.444 bits per heavy atom. The summed E-state index contributed by atoms with van der Waals surface area (Å²) in [6, 6.07) is -0.888. The normalized spacial score (nSPS) is 14.2. The van der Waals surface area contributed by atoms with Gasteiger partial charge in [0.1, 0.15) is 13.2 Å². The molecule has 0 rings (SSSR count). The van der Waals surface area contributed by atoms with Crippen molar-refractivity contribution in [2.24, 2.45) is 0 Å². The number of hydrogen-bond acceptors (Lipinski definition) is 6. The summed E-state index contributed by atoms with van der Waals surface area (Å²) in [6.45, 7) is 4.57. The van der Waals surface area contributed by atoms with Crippen molar-refractivity contribution < 1.29 is 32.9 Å². The number of nitrogens with zero attached hydrogens (tertiary/aromatic N) is 1. The molecule has 472 valence electrons. The number of aliphatic hydroxyl groups is 1. The fourth-order valence-electron chi connectivity index (χ4n) is 10.0. The average Bonchev–Trinajstić information content (AvgIpc) is 3.43. The lowest BCUT2D eigenvalue weighted by Gasteiger charge is -2.29. The first-order valence-corrected chi connectivity index (χ1v) is 35.9. The zero-order valence-electron chi connectivity index (χ0n) is 54.0. The van der Waals surface area contributed by atoms with Crippen LogP contribution in [0.4, 0.5) is 0 Å². The first kappa shape index (κ1) is 78.7. The smallest absolute Gasteiger partial charge is 0.268 e. The van der Waals surface area contributed by atoms with Gasteiger partial charge in [0.25, 0.3) is 7.82 Å². The monoisotopic (exact) mass is 1150 g/mol. The SMILES string of the molecule is CC/C=C\C/C=C\C/C=C\C/C=C\C/C=C\C/C=C\CCCCCCCCCCCCCCCCCCCCCCCCC(=O)NC(COP(=O)([O-])OCC[N+](C)(C)C)C(O)/C=C/CCCCCCCCCCCCCCCCCC. The van der Waals surface area contributed by atoms with Crippen molar-refractivity contribution in [3.8, 4) is 0 Å². The molecule has 0 aliphatic carbocycles. The van der Waals surface area contributed by atoms with Gasteiger partial charge in [0.15, 0.2) is 0 Å². The molecule has 0 aromatic rings. The molecule has 8 nitrogen and oxygen atoms in total.